The van der Waals surface area contributed by atoms with Gasteiger partial charge < -0.3 is 4.98 Å². The highest BCUT2D eigenvalue weighted by Gasteiger charge is 2.32. The molecule has 1 aromatic rings. The second kappa shape index (κ2) is 5.68. The molecule has 2 heteroatoms. The molecule has 0 fully saturated rings. The number of nitrogens with zero attached hydrogens (tertiary/aromatic N) is 1. The molecule has 0 saturated heterocycles. The molecule has 0 N–H and O–H groups in total. The zero-order chi connectivity index (χ0) is 15.8. The van der Waals surface area contributed by atoms with E-state index in [4.69, 9.17) is 4.98 Å². The second-order valence-corrected chi connectivity index (χ2v) is 10.7. The van der Waals surface area contributed by atoms with Crippen LogP contribution >= 0.6 is 0 Å². The van der Waals surface area contributed by atoms with Gasteiger partial charge in [-0.25, -0.2) is 0 Å². The molecule has 0 heterocycles. The van der Waals surface area contributed by atoms with Gasteiger partial charge in [-0.2, -0.15) is 0 Å². The molecule has 2 rings (SSSR count). The fourth-order valence-corrected chi connectivity index (χ4v) is 6.99. The van der Waals surface area contributed by atoms with E-state index in [-0.39, 0.29) is 0 Å². The van der Waals surface area contributed by atoms with E-state index in [2.05, 4.69) is 71.6 Å². The monoisotopic (exact) mass is 296 g/mol. The first-order valence-corrected chi connectivity index (χ1v) is 10.6. The van der Waals surface area contributed by atoms with Gasteiger partial charge in [-0.1, -0.05) is 61.2 Å². The van der Waals surface area contributed by atoms with Gasteiger partial charge in [0.1, 0.15) is 0 Å². The first kappa shape index (κ1) is 15.8. The first-order valence-electron chi connectivity index (χ1n) is 7.58. The van der Waals surface area contributed by atoms with Gasteiger partial charge >= 0.3 is 0 Å². The summed E-state index contributed by atoms with van der Waals surface area (Å²) in [5.74, 6) is 0. The summed E-state index contributed by atoms with van der Waals surface area (Å²) >= 11 is 0. The standard InChI is InChI=1S/C19H26NSi/c1-8-17-9-11-18(12-10-17)20-21(6,7)19-15(4)13(2)14(3)16(19)5/h8-12,19H,1H2,2-7H3/q-1. The molecule has 1 aromatic carbocycles. The van der Waals surface area contributed by atoms with E-state index in [1.165, 1.54) is 22.3 Å². The number of benzene rings is 1. The van der Waals surface area contributed by atoms with Gasteiger partial charge in [-0.15, -0.1) is 5.69 Å². The van der Waals surface area contributed by atoms with Crippen molar-refractivity contribution in [3.63, 3.8) is 0 Å². The van der Waals surface area contributed by atoms with Crippen LogP contribution in [0.25, 0.3) is 11.1 Å². The molecule has 1 aliphatic carbocycles. The third kappa shape index (κ3) is 2.91. The lowest BCUT2D eigenvalue weighted by Crippen LogP contribution is -2.31. The molecule has 1 aliphatic rings. The van der Waals surface area contributed by atoms with E-state index in [1.807, 2.05) is 6.08 Å². The molecule has 0 bridgehead atoms. The van der Waals surface area contributed by atoms with Gasteiger partial charge in [0.2, 0.25) is 0 Å². The van der Waals surface area contributed by atoms with E-state index in [9.17, 15) is 0 Å². The van der Waals surface area contributed by atoms with Crippen LogP contribution in [0.2, 0.25) is 18.6 Å². The Morgan fingerprint density at radius 3 is 1.86 bits per heavy atom. The maximum absolute atomic E-state index is 5.15. The maximum atomic E-state index is 5.15. The summed E-state index contributed by atoms with van der Waals surface area (Å²) in [6.45, 7) is 17.6. The molecule has 0 unspecified atom stereocenters. The highest BCUT2D eigenvalue weighted by Crippen LogP contribution is 2.49. The predicted octanol–water partition coefficient (Wildman–Crippen LogP) is 6.60. The highest BCUT2D eigenvalue weighted by atomic mass is 28.3. The molecule has 0 atom stereocenters. The summed E-state index contributed by atoms with van der Waals surface area (Å²) in [6, 6.07) is 8.40. The minimum atomic E-state index is -1.76. The van der Waals surface area contributed by atoms with Crippen LogP contribution in [-0.2, 0) is 0 Å². The van der Waals surface area contributed by atoms with Crippen molar-refractivity contribution in [2.75, 3.05) is 0 Å². The van der Waals surface area contributed by atoms with Crippen LogP contribution in [0.15, 0.2) is 53.1 Å². The fourth-order valence-electron chi connectivity index (χ4n) is 3.49. The van der Waals surface area contributed by atoms with Crippen molar-refractivity contribution < 1.29 is 0 Å². The van der Waals surface area contributed by atoms with Crippen LogP contribution in [-0.4, -0.2) is 8.24 Å². The van der Waals surface area contributed by atoms with Gasteiger partial charge in [0.15, 0.2) is 0 Å². The zero-order valence-corrected chi connectivity index (χ0v) is 15.1. The summed E-state index contributed by atoms with van der Waals surface area (Å²) in [4.78, 5) is 5.15. The Hall–Kier alpha value is -1.54. The Morgan fingerprint density at radius 2 is 1.43 bits per heavy atom. The molecule has 0 aromatic heterocycles. The number of allylic oxidation sites excluding steroid dienone is 4. The maximum Gasteiger partial charge on any atom is -0.0210 e. The smallest absolute Gasteiger partial charge is 0.0210 e. The molecule has 112 valence electrons. The summed E-state index contributed by atoms with van der Waals surface area (Å²) in [5.41, 5.74) is 8.76. The fraction of sp³-hybridized carbons (Fsp3) is 0.368. The summed E-state index contributed by atoms with van der Waals surface area (Å²) in [5, 5.41) is 0. The van der Waals surface area contributed by atoms with Crippen LogP contribution < -0.4 is 0 Å². The normalized spacial score (nSPS) is 16.7. The lowest BCUT2D eigenvalue weighted by molar-refractivity contribution is 1.07. The molecule has 1 nitrogen and oxygen atoms in total. The van der Waals surface area contributed by atoms with Gasteiger partial charge in [0.25, 0.3) is 0 Å². The minimum Gasteiger partial charge on any atom is -0.686 e. The Labute approximate surface area is 130 Å². The predicted molar refractivity (Wildman–Crippen MR) is 97.5 cm³/mol. The molecule has 0 amide bonds. The largest absolute Gasteiger partial charge is 0.686 e. The van der Waals surface area contributed by atoms with E-state index in [0.29, 0.717) is 5.54 Å². The second-order valence-electron chi connectivity index (χ2n) is 6.61. The van der Waals surface area contributed by atoms with Crippen molar-refractivity contribution in [2.24, 2.45) is 0 Å². The van der Waals surface area contributed by atoms with Crippen LogP contribution in [0.1, 0.15) is 33.3 Å². The van der Waals surface area contributed by atoms with Crippen molar-refractivity contribution in [1.82, 2.24) is 0 Å². The topological polar surface area (TPSA) is 14.1 Å². The van der Waals surface area contributed by atoms with E-state index < -0.39 is 8.24 Å². The summed E-state index contributed by atoms with van der Waals surface area (Å²) in [7, 11) is -1.76. The Kier molecular flexibility index (Phi) is 4.29. The van der Waals surface area contributed by atoms with Gasteiger partial charge in [-0.05, 0) is 58.2 Å². The van der Waals surface area contributed by atoms with Crippen LogP contribution in [0.3, 0.4) is 0 Å². The molecular weight excluding hydrogens is 270 g/mol. The van der Waals surface area contributed by atoms with E-state index in [0.717, 1.165) is 11.3 Å². The van der Waals surface area contributed by atoms with Crippen LogP contribution in [0, 0.1) is 0 Å². The SMILES string of the molecule is C=Cc1ccc([N-][Si](C)(C)C2C(C)=C(C)C(C)=C2C)cc1. The van der Waals surface area contributed by atoms with Crippen molar-refractivity contribution in [1.29, 1.82) is 0 Å². The van der Waals surface area contributed by atoms with Crippen LogP contribution in [0.4, 0.5) is 5.69 Å². The lowest BCUT2D eigenvalue weighted by atomic mass is 10.1. The summed E-state index contributed by atoms with van der Waals surface area (Å²) < 4.78 is 0. The third-order valence-electron chi connectivity index (χ3n) is 4.86. The van der Waals surface area contributed by atoms with Crippen LogP contribution in [0.5, 0.6) is 0 Å². The van der Waals surface area contributed by atoms with Gasteiger partial charge in [0.05, 0.1) is 0 Å². The summed E-state index contributed by atoms with van der Waals surface area (Å²) in [6.07, 6.45) is 1.87. The Balaban J connectivity index is 2.28. The molecule has 0 saturated carbocycles. The Bertz CT molecular complexity index is 593. The molecule has 0 spiro atoms. The van der Waals surface area contributed by atoms with Crippen molar-refractivity contribution in [3.05, 3.63) is 63.7 Å². The lowest BCUT2D eigenvalue weighted by Gasteiger charge is -2.46. The number of rotatable bonds is 4. The van der Waals surface area contributed by atoms with E-state index in [1.54, 1.807) is 0 Å². The van der Waals surface area contributed by atoms with Crippen molar-refractivity contribution in [3.8, 4) is 0 Å². The number of hydrogen-bond acceptors (Lipinski definition) is 0. The van der Waals surface area contributed by atoms with Crippen molar-refractivity contribution >= 4 is 20.0 Å². The number of hydrogen-bond donors (Lipinski definition) is 0. The van der Waals surface area contributed by atoms with Gasteiger partial charge in [-0.3, -0.25) is 0 Å². The Morgan fingerprint density at radius 1 is 0.952 bits per heavy atom. The molecule has 21 heavy (non-hydrogen) atoms. The first-order chi connectivity index (χ1) is 9.77. The average Bonchev–Trinajstić information content (AvgIpc) is 2.63. The third-order valence-corrected chi connectivity index (χ3v) is 7.98. The molecule has 0 aliphatic heterocycles. The zero-order valence-electron chi connectivity index (χ0n) is 14.1. The quantitative estimate of drug-likeness (QED) is 0.556. The average molecular weight is 297 g/mol. The van der Waals surface area contributed by atoms with Gasteiger partial charge in [0, 0.05) is 0 Å². The molecule has 0 radical (unpaired) electrons. The molecular formula is C19H26NSi-. The van der Waals surface area contributed by atoms with Crippen molar-refractivity contribution in [2.45, 2.75) is 46.3 Å². The van der Waals surface area contributed by atoms with E-state index >= 15 is 0 Å². The minimum absolute atomic E-state index is 0.539. The highest BCUT2D eigenvalue weighted by molar-refractivity contribution is 6.85.